The lowest BCUT2D eigenvalue weighted by atomic mass is 9.77. The summed E-state index contributed by atoms with van der Waals surface area (Å²) < 4.78 is 0. The molecule has 0 nitrogen and oxygen atoms in total. The van der Waals surface area contributed by atoms with E-state index in [0.29, 0.717) is 0 Å². The monoisotopic (exact) mass is 334 g/mol. The van der Waals surface area contributed by atoms with Crippen molar-refractivity contribution in [1.29, 1.82) is 0 Å². The smallest absolute Gasteiger partial charge is 0.0106 e. The van der Waals surface area contributed by atoms with Crippen LogP contribution < -0.4 is 0 Å². The summed E-state index contributed by atoms with van der Waals surface area (Å²) in [7, 11) is 0. The normalized spacial score (nSPS) is 15.8. The summed E-state index contributed by atoms with van der Waals surface area (Å²) in [6, 6.07) is 6.96. The molecule has 2 rings (SSSR count). The molecule has 0 saturated heterocycles. The summed E-state index contributed by atoms with van der Waals surface area (Å²) in [5.41, 5.74) is 8.54. The summed E-state index contributed by atoms with van der Waals surface area (Å²) in [5.74, 6) is 0. The highest BCUT2D eigenvalue weighted by Gasteiger charge is 2.23. The van der Waals surface area contributed by atoms with Gasteiger partial charge in [0.15, 0.2) is 0 Å². The number of fused-ring (bicyclic) bond motifs is 1. The van der Waals surface area contributed by atoms with Crippen molar-refractivity contribution in [2.24, 2.45) is 5.41 Å². The molecule has 0 heteroatoms. The molecule has 1 aliphatic carbocycles. The van der Waals surface area contributed by atoms with Gasteiger partial charge in [-0.1, -0.05) is 91.1 Å². The number of allylic oxidation sites excluding steroid dienone is 6. The minimum atomic E-state index is 0.150. The third-order valence-corrected chi connectivity index (χ3v) is 5.69. The number of rotatable bonds is 5. The molecule has 0 aliphatic heterocycles. The van der Waals surface area contributed by atoms with Crippen LogP contribution in [0.5, 0.6) is 0 Å². The Kier molecular flexibility index (Phi) is 5.62. The van der Waals surface area contributed by atoms with Crippen LogP contribution >= 0.6 is 0 Å². The van der Waals surface area contributed by atoms with Crippen molar-refractivity contribution >= 4 is 5.57 Å². The molecular formula is C25H34. The van der Waals surface area contributed by atoms with Crippen LogP contribution in [0.2, 0.25) is 0 Å². The zero-order valence-electron chi connectivity index (χ0n) is 17.0. The standard InChI is InChI=1S/C25H34/c1-9-20(25(7,8)11-3)16-18-12-13-19-17-21(24(4,5)6)14-15-23(19)22(18)10-2/h9-10,14-17H,1-2,11-13H2,3-8H3/b20-16+. The van der Waals surface area contributed by atoms with Crippen molar-refractivity contribution < 1.29 is 0 Å². The van der Waals surface area contributed by atoms with E-state index in [4.69, 9.17) is 0 Å². The lowest BCUT2D eigenvalue weighted by molar-refractivity contribution is 0.439. The van der Waals surface area contributed by atoms with E-state index in [9.17, 15) is 0 Å². The topological polar surface area (TPSA) is 0 Å². The minimum Gasteiger partial charge on any atom is -0.0988 e. The van der Waals surface area contributed by atoms with Crippen LogP contribution in [0.15, 0.2) is 60.7 Å². The summed E-state index contributed by atoms with van der Waals surface area (Å²) in [4.78, 5) is 0. The molecule has 0 saturated carbocycles. The Morgan fingerprint density at radius 3 is 2.28 bits per heavy atom. The van der Waals surface area contributed by atoms with Crippen molar-refractivity contribution in [1.82, 2.24) is 0 Å². The average Bonchev–Trinajstić information content (AvgIpc) is 2.57. The van der Waals surface area contributed by atoms with Crippen molar-refractivity contribution in [2.75, 3.05) is 0 Å². The van der Waals surface area contributed by atoms with Crippen LogP contribution in [0.4, 0.5) is 0 Å². The van der Waals surface area contributed by atoms with Crippen LogP contribution in [0.3, 0.4) is 0 Å². The summed E-state index contributed by atoms with van der Waals surface area (Å²) >= 11 is 0. The van der Waals surface area contributed by atoms with Crippen LogP contribution in [0.25, 0.3) is 5.57 Å². The Labute approximate surface area is 155 Å². The van der Waals surface area contributed by atoms with Crippen molar-refractivity contribution in [3.05, 3.63) is 77.4 Å². The summed E-state index contributed by atoms with van der Waals surface area (Å²) in [6.07, 6.45) is 9.68. The predicted molar refractivity (Wildman–Crippen MR) is 113 cm³/mol. The fourth-order valence-electron chi connectivity index (χ4n) is 3.42. The maximum absolute atomic E-state index is 4.11. The van der Waals surface area contributed by atoms with E-state index in [1.54, 1.807) is 0 Å². The van der Waals surface area contributed by atoms with E-state index >= 15 is 0 Å². The van der Waals surface area contributed by atoms with Crippen LogP contribution in [0.1, 0.15) is 71.1 Å². The van der Waals surface area contributed by atoms with E-state index in [1.165, 1.54) is 33.4 Å². The Morgan fingerprint density at radius 1 is 1.08 bits per heavy atom. The van der Waals surface area contributed by atoms with Gasteiger partial charge in [-0.05, 0) is 63.5 Å². The molecule has 0 bridgehead atoms. The molecule has 1 aromatic carbocycles. The molecule has 0 radical (unpaired) electrons. The molecule has 0 unspecified atom stereocenters. The van der Waals surface area contributed by atoms with Gasteiger partial charge in [-0.2, -0.15) is 0 Å². The van der Waals surface area contributed by atoms with Crippen molar-refractivity contribution in [3.63, 3.8) is 0 Å². The fraction of sp³-hybridized carbons (Fsp3) is 0.440. The van der Waals surface area contributed by atoms with Gasteiger partial charge >= 0.3 is 0 Å². The van der Waals surface area contributed by atoms with Gasteiger partial charge in [-0.3, -0.25) is 0 Å². The minimum absolute atomic E-state index is 0.150. The molecule has 0 aromatic heterocycles. The van der Waals surface area contributed by atoms with Gasteiger partial charge in [0.1, 0.15) is 0 Å². The third kappa shape index (κ3) is 4.06. The van der Waals surface area contributed by atoms with Crippen LogP contribution in [-0.2, 0) is 11.8 Å². The molecule has 0 atom stereocenters. The first-order chi connectivity index (χ1) is 11.6. The molecule has 25 heavy (non-hydrogen) atoms. The van der Waals surface area contributed by atoms with E-state index in [0.717, 1.165) is 19.3 Å². The maximum atomic E-state index is 4.11. The van der Waals surface area contributed by atoms with Gasteiger partial charge in [0.2, 0.25) is 0 Å². The molecular weight excluding hydrogens is 300 g/mol. The van der Waals surface area contributed by atoms with Gasteiger partial charge in [0.05, 0.1) is 0 Å². The highest BCUT2D eigenvalue weighted by atomic mass is 14.3. The molecule has 1 aromatic rings. The molecule has 0 fully saturated rings. The van der Waals surface area contributed by atoms with Crippen molar-refractivity contribution in [2.45, 2.75) is 66.2 Å². The van der Waals surface area contributed by atoms with E-state index in [1.807, 2.05) is 12.2 Å². The molecule has 134 valence electrons. The third-order valence-electron chi connectivity index (χ3n) is 5.69. The Morgan fingerprint density at radius 2 is 1.76 bits per heavy atom. The van der Waals surface area contributed by atoms with E-state index < -0.39 is 0 Å². The second kappa shape index (κ2) is 7.20. The highest BCUT2D eigenvalue weighted by molar-refractivity contribution is 5.82. The Balaban J connectivity index is 2.56. The summed E-state index contributed by atoms with van der Waals surface area (Å²) in [6.45, 7) is 21.8. The number of hydrogen-bond acceptors (Lipinski definition) is 0. The number of benzene rings is 1. The van der Waals surface area contributed by atoms with E-state index in [2.05, 4.69) is 79.0 Å². The van der Waals surface area contributed by atoms with Crippen LogP contribution in [0, 0.1) is 5.41 Å². The zero-order valence-corrected chi connectivity index (χ0v) is 17.0. The van der Waals surface area contributed by atoms with Gasteiger partial charge < -0.3 is 0 Å². The fourth-order valence-corrected chi connectivity index (χ4v) is 3.42. The summed E-state index contributed by atoms with van der Waals surface area (Å²) in [5, 5.41) is 0. The quantitative estimate of drug-likeness (QED) is 0.491. The highest BCUT2D eigenvalue weighted by Crippen LogP contribution is 2.38. The number of hydrogen-bond donors (Lipinski definition) is 0. The Bertz CT molecular complexity index is 730. The number of aryl methyl sites for hydroxylation is 1. The molecule has 0 spiro atoms. The van der Waals surface area contributed by atoms with Gasteiger partial charge in [0.25, 0.3) is 0 Å². The second-order valence-electron chi connectivity index (χ2n) is 8.81. The van der Waals surface area contributed by atoms with Crippen molar-refractivity contribution in [3.8, 4) is 0 Å². The van der Waals surface area contributed by atoms with E-state index in [-0.39, 0.29) is 10.8 Å². The average molecular weight is 335 g/mol. The first kappa shape index (κ1) is 19.5. The lowest BCUT2D eigenvalue weighted by Crippen LogP contribution is -2.14. The first-order valence-electron chi connectivity index (χ1n) is 9.48. The molecule has 0 N–H and O–H groups in total. The maximum Gasteiger partial charge on any atom is -0.0106 e. The second-order valence-corrected chi connectivity index (χ2v) is 8.81. The van der Waals surface area contributed by atoms with Gasteiger partial charge in [0, 0.05) is 0 Å². The predicted octanol–water partition coefficient (Wildman–Crippen LogP) is 7.42. The lowest BCUT2D eigenvalue weighted by Gasteiger charge is -2.28. The van der Waals surface area contributed by atoms with Gasteiger partial charge in [-0.25, -0.2) is 0 Å². The largest absolute Gasteiger partial charge is 0.0988 e. The molecule has 0 amide bonds. The molecule has 0 heterocycles. The molecule has 1 aliphatic rings. The first-order valence-corrected chi connectivity index (χ1v) is 9.48. The Hall–Kier alpha value is -1.82. The SMILES string of the molecule is C=CC1=C(/C=C(\C=C)C(C)(C)CC)CCc2cc(C(C)(C)C)ccc21. The van der Waals surface area contributed by atoms with Gasteiger partial charge in [-0.15, -0.1) is 0 Å². The van der Waals surface area contributed by atoms with Crippen LogP contribution in [-0.4, -0.2) is 0 Å². The zero-order chi connectivity index (χ0) is 18.8.